The van der Waals surface area contributed by atoms with Gasteiger partial charge in [-0.05, 0) is 42.4 Å². The maximum Gasteiger partial charge on any atom is 0.236 e. The van der Waals surface area contributed by atoms with Crippen LogP contribution in [0.3, 0.4) is 0 Å². The molecular formula is C23H33N3O3. The van der Waals surface area contributed by atoms with Crippen LogP contribution in [0.15, 0.2) is 18.2 Å². The second-order valence-corrected chi connectivity index (χ2v) is 9.17. The summed E-state index contributed by atoms with van der Waals surface area (Å²) < 4.78 is 10.9. The summed E-state index contributed by atoms with van der Waals surface area (Å²) in [5, 5.41) is 0. The van der Waals surface area contributed by atoms with E-state index in [0.717, 1.165) is 69.1 Å². The summed E-state index contributed by atoms with van der Waals surface area (Å²) in [6, 6.07) is 6.22. The molecule has 0 N–H and O–H groups in total. The highest BCUT2D eigenvalue weighted by Crippen LogP contribution is 2.36. The first kappa shape index (κ1) is 19.2. The van der Waals surface area contributed by atoms with Crippen LogP contribution in [0, 0.1) is 11.8 Å². The van der Waals surface area contributed by atoms with Gasteiger partial charge in [-0.25, -0.2) is 0 Å². The van der Waals surface area contributed by atoms with Crippen molar-refractivity contribution in [3.05, 3.63) is 23.8 Å². The van der Waals surface area contributed by atoms with E-state index in [0.29, 0.717) is 19.2 Å². The van der Waals surface area contributed by atoms with E-state index in [2.05, 4.69) is 26.8 Å². The van der Waals surface area contributed by atoms with Gasteiger partial charge in [0.2, 0.25) is 12.7 Å². The number of nitrogens with zero attached hydrogens (tertiary/aromatic N) is 3. The number of likely N-dealkylation sites (tertiary alicyclic amines) is 1. The molecular weight excluding hydrogens is 366 g/mol. The Morgan fingerprint density at radius 3 is 2.52 bits per heavy atom. The van der Waals surface area contributed by atoms with Crippen molar-refractivity contribution in [3.63, 3.8) is 0 Å². The summed E-state index contributed by atoms with van der Waals surface area (Å²) in [6.45, 7) is 7.77. The zero-order valence-corrected chi connectivity index (χ0v) is 17.4. The van der Waals surface area contributed by atoms with E-state index < -0.39 is 0 Å². The highest BCUT2D eigenvalue weighted by Gasteiger charge is 2.33. The fraction of sp³-hybridized carbons (Fsp3) is 0.696. The minimum absolute atomic E-state index is 0.323. The van der Waals surface area contributed by atoms with Crippen LogP contribution in [0.1, 0.15) is 37.7 Å². The molecule has 6 heteroatoms. The van der Waals surface area contributed by atoms with E-state index in [1.807, 2.05) is 6.07 Å². The van der Waals surface area contributed by atoms with Gasteiger partial charge in [0.15, 0.2) is 11.5 Å². The van der Waals surface area contributed by atoms with E-state index in [9.17, 15) is 4.79 Å². The molecule has 3 fully saturated rings. The second kappa shape index (κ2) is 8.52. The molecule has 158 valence electrons. The Bertz CT molecular complexity index is 732. The molecule has 0 unspecified atom stereocenters. The van der Waals surface area contributed by atoms with Gasteiger partial charge >= 0.3 is 0 Å². The fourth-order valence-electron chi connectivity index (χ4n) is 5.52. The number of hydrogen-bond donors (Lipinski definition) is 0. The van der Waals surface area contributed by atoms with Crippen LogP contribution in [-0.4, -0.2) is 73.2 Å². The van der Waals surface area contributed by atoms with E-state index in [1.54, 1.807) is 0 Å². The zero-order valence-electron chi connectivity index (χ0n) is 17.4. The van der Waals surface area contributed by atoms with E-state index in [1.165, 1.54) is 37.7 Å². The molecule has 5 rings (SSSR count). The molecule has 1 saturated carbocycles. The topological polar surface area (TPSA) is 45.3 Å². The van der Waals surface area contributed by atoms with Crippen molar-refractivity contribution in [1.82, 2.24) is 14.7 Å². The Morgan fingerprint density at radius 2 is 1.66 bits per heavy atom. The number of ether oxygens (including phenoxy) is 2. The van der Waals surface area contributed by atoms with Gasteiger partial charge in [0.25, 0.3) is 0 Å². The van der Waals surface area contributed by atoms with Gasteiger partial charge in [-0.2, -0.15) is 0 Å². The number of rotatable bonds is 4. The lowest BCUT2D eigenvalue weighted by Gasteiger charge is -2.42. The van der Waals surface area contributed by atoms with Crippen molar-refractivity contribution in [2.75, 3.05) is 52.6 Å². The lowest BCUT2D eigenvalue weighted by Crippen LogP contribution is -2.52. The first-order valence-electron chi connectivity index (χ1n) is 11.4. The molecule has 3 aliphatic heterocycles. The molecule has 2 atom stereocenters. The third-order valence-electron chi connectivity index (χ3n) is 7.31. The first-order chi connectivity index (χ1) is 14.2. The summed E-state index contributed by atoms with van der Waals surface area (Å²) in [5.41, 5.74) is 1.26. The van der Waals surface area contributed by atoms with Crippen molar-refractivity contribution in [1.29, 1.82) is 0 Å². The lowest BCUT2D eigenvalue weighted by molar-refractivity contribution is -0.136. The molecule has 0 radical (unpaired) electrons. The fourth-order valence-corrected chi connectivity index (χ4v) is 5.52. The number of piperidine rings is 1. The minimum atomic E-state index is 0.323. The van der Waals surface area contributed by atoms with Gasteiger partial charge in [-0.1, -0.05) is 25.3 Å². The Labute approximate surface area is 173 Å². The molecule has 0 aromatic heterocycles. The summed E-state index contributed by atoms with van der Waals surface area (Å²) in [4.78, 5) is 19.8. The number of carbonyl (C=O) groups is 1. The Hall–Kier alpha value is -1.79. The Morgan fingerprint density at radius 1 is 0.897 bits per heavy atom. The van der Waals surface area contributed by atoms with Gasteiger partial charge in [-0.15, -0.1) is 0 Å². The van der Waals surface area contributed by atoms with Crippen LogP contribution in [0.2, 0.25) is 0 Å². The standard InChI is InChI=1S/C23H33N3O3/c27-23(26-8-7-19-3-1-2-4-20(19)15-26)16-25-11-9-24(10-12-25)14-18-5-6-21-22(13-18)29-17-28-21/h5-6,13,19-20H,1-4,7-12,14-17H2/t19-,20+/m1/s1. The van der Waals surface area contributed by atoms with Crippen molar-refractivity contribution >= 4 is 5.91 Å². The van der Waals surface area contributed by atoms with E-state index in [-0.39, 0.29) is 0 Å². The van der Waals surface area contributed by atoms with Crippen LogP contribution < -0.4 is 9.47 Å². The number of benzene rings is 1. The summed E-state index contributed by atoms with van der Waals surface area (Å²) in [5.74, 6) is 3.69. The third-order valence-corrected chi connectivity index (χ3v) is 7.31. The monoisotopic (exact) mass is 399 g/mol. The molecule has 0 spiro atoms. The Kier molecular flexibility index (Phi) is 5.64. The van der Waals surface area contributed by atoms with Gasteiger partial charge < -0.3 is 14.4 Å². The van der Waals surface area contributed by atoms with Crippen LogP contribution in [-0.2, 0) is 11.3 Å². The molecule has 3 heterocycles. The molecule has 2 saturated heterocycles. The third kappa shape index (κ3) is 4.38. The van der Waals surface area contributed by atoms with Gasteiger partial charge in [-0.3, -0.25) is 14.6 Å². The van der Waals surface area contributed by atoms with Crippen molar-refractivity contribution in [2.45, 2.75) is 38.6 Å². The lowest BCUT2D eigenvalue weighted by atomic mass is 9.75. The van der Waals surface area contributed by atoms with Crippen LogP contribution in [0.25, 0.3) is 0 Å². The van der Waals surface area contributed by atoms with Crippen LogP contribution in [0.4, 0.5) is 0 Å². The van der Waals surface area contributed by atoms with Gasteiger partial charge in [0.1, 0.15) is 0 Å². The normalized spacial score (nSPS) is 27.7. The molecule has 4 aliphatic rings. The van der Waals surface area contributed by atoms with E-state index >= 15 is 0 Å². The van der Waals surface area contributed by atoms with Crippen molar-refractivity contribution < 1.29 is 14.3 Å². The van der Waals surface area contributed by atoms with Crippen LogP contribution >= 0.6 is 0 Å². The predicted molar refractivity (Wildman–Crippen MR) is 111 cm³/mol. The smallest absolute Gasteiger partial charge is 0.236 e. The first-order valence-corrected chi connectivity index (χ1v) is 11.4. The maximum absolute atomic E-state index is 12.9. The number of amides is 1. The predicted octanol–water partition coefficient (Wildman–Crippen LogP) is 2.57. The highest BCUT2D eigenvalue weighted by molar-refractivity contribution is 5.78. The zero-order chi connectivity index (χ0) is 19.6. The molecule has 1 amide bonds. The van der Waals surface area contributed by atoms with Gasteiger partial charge in [0.05, 0.1) is 6.54 Å². The largest absolute Gasteiger partial charge is 0.454 e. The van der Waals surface area contributed by atoms with E-state index in [4.69, 9.17) is 9.47 Å². The molecule has 1 aliphatic carbocycles. The minimum Gasteiger partial charge on any atom is -0.454 e. The molecule has 29 heavy (non-hydrogen) atoms. The number of piperazine rings is 1. The Balaban J connectivity index is 1.07. The second-order valence-electron chi connectivity index (χ2n) is 9.17. The molecule has 1 aromatic rings. The number of hydrogen-bond acceptors (Lipinski definition) is 5. The average Bonchev–Trinajstić information content (AvgIpc) is 3.23. The average molecular weight is 400 g/mol. The molecule has 0 bridgehead atoms. The SMILES string of the molecule is O=C(CN1CCN(Cc2ccc3c(c2)OCO3)CC1)N1CC[C@H]2CCCC[C@H]2C1. The highest BCUT2D eigenvalue weighted by atomic mass is 16.7. The number of carbonyl (C=O) groups excluding carboxylic acids is 1. The van der Waals surface area contributed by atoms with Crippen molar-refractivity contribution in [3.8, 4) is 11.5 Å². The van der Waals surface area contributed by atoms with Crippen molar-refractivity contribution in [2.24, 2.45) is 11.8 Å². The molecule has 1 aromatic carbocycles. The summed E-state index contributed by atoms with van der Waals surface area (Å²) >= 11 is 0. The molecule has 6 nitrogen and oxygen atoms in total. The quantitative estimate of drug-likeness (QED) is 0.779. The summed E-state index contributed by atoms with van der Waals surface area (Å²) in [6.07, 6.45) is 6.69. The number of fused-ring (bicyclic) bond motifs is 2. The van der Waals surface area contributed by atoms with Gasteiger partial charge in [0, 0.05) is 45.8 Å². The summed E-state index contributed by atoms with van der Waals surface area (Å²) in [7, 11) is 0. The van der Waals surface area contributed by atoms with Crippen LogP contribution in [0.5, 0.6) is 11.5 Å². The maximum atomic E-state index is 12.9.